The van der Waals surface area contributed by atoms with E-state index in [0.29, 0.717) is 5.56 Å². The molecule has 4 heteroatoms. The van der Waals surface area contributed by atoms with Crippen LogP contribution in [-0.4, -0.2) is 16.2 Å². The van der Waals surface area contributed by atoms with E-state index in [2.05, 4.69) is 15.9 Å². The van der Waals surface area contributed by atoms with Gasteiger partial charge in [0.2, 0.25) is 0 Å². The molecule has 0 unspecified atom stereocenters. The summed E-state index contributed by atoms with van der Waals surface area (Å²) >= 11 is 3.20. The summed E-state index contributed by atoms with van der Waals surface area (Å²) in [5.74, 6) is -1.26. The first-order valence-corrected chi connectivity index (χ1v) is 4.45. The molecule has 0 aromatic heterocycles. The van der Waals surface area contributed by atoms with E-state index in [0.717, 1.165) is 4.47 Å². The lowest BCUT2D eigenvalue weighted by molar-refractivity contribution is -0.157. The first-order chi connectivity index (χ1) is 5.94. The highest BCUT2D eigenvalue weighted by Crippen LogP contribution is 2.23. The monoisotopic (exact) mass is 244 g/mol. The summed E-state index contributed by atoms with van der Waals surface area (Å²) in [5.41, 5.74) is -1.47. The fraction of sp³-hybridized carbons (Fsp3) is 0.222. The Kier molecular flexibility index (Phi) is 2.73. The standard InChI is InChI=1S/C9H9BrO3/c1-9(13,8(11)12)6-3-2-4-7(10)5-6/h2-5,13H,1H3,(H,11,12)/t9-/m1/s1. The van der Waals surface area contributed by atoms with Gasteiger partial charge in [-0.05, 0) is 24.6 Å². The third kappa shape index (κ3) is 2.08. The van der Waals surface area contributed by atoms with E-state index in [1.54, 1.807) is 24.3 Å². The lowest BCUT2D eigenvalue weighted by Crippen LogP contribution is -2.31. The first-order valence-electron chi connectivity index (χ1n) is 3.66. The van der Waals surface area contributed by atoms with Crippen LogP contribution in [-0.2, 0) is 10.4 Å². The fourth-order valence-corrected chi connectivity index (χ4v) is 1.31. The van der Waals surface area contributed by atoms with Crippen molar-refractivity contribution in [3.63, 3.8) is 0 Å². The molecular weight excluding hydrogens is 236 g/mol. The molecule has 0 aliphatic heterocycles. The Morgan fingerprint density at radius 3 is 2.62 bits per heavy atom. The Hall–Kier alpha value is -0.870. The molecule has 0 bridgehead atoms. The van der Waals surface area contributed by atoms with E-state index in [9.17, 15) is 9.90 Å². The molecule has 1 aromatic rings. The minimum absolute atomic E-state index is 0.356. The highest BCUT2D eigenvalue weighted by atomic mass is 79.9. The van der Waals surface area contributed by atoms with Gasteiger partial charge in [-0.15, -0.1) is 0 Å². The summed E-state index contributed by atoms with van der Waals surface area (Å²) in [4.78, 5) is 10.7. The second-order valence-corrected chi connectivity index (χ2v) is 3.80. The van der Waals surface area contributed by atoms with Gasteiger partial charge in [0.25, 0.3) is 0 Å². The SMILES string of the molecule is C[C@](O)(C(=O)O)c1cccc(Br)c1. The first kappa shape index (κ1) is 10.2. The highest BCUT2D eigenvalue weighted by Gasteiger charge is 2.31. The topological polar surface area (TPSA) is 57.5 Å². The van der Waals surface area contributed by atoms with Crippen LogP contribution in [0.1, 0.15) is 12.5 Å². The van der Waals surface area contributed by atoms with E-state index in [1.807, 2.05) is 0 Å². The largest absolute Gasteiger partial charge is 0.479 e. The quantitative estimate of drug-likeness (QED) is 0.834. The maximum Gasteiger partial charge on any atom is 0.340 e. The van der Waals surface area contributed by atoms with Gasteiger partial charge in [-0.2, -0.15) is 0 Å². The van der Waals surface area contributed by atoms with Gasteiger partial charge in [-0.3, -0.25) is 0 Å². The molecule has 0 saturated heterocycles. The second-order valence-electron chi connectivity index (χ2n) is 2.89. The van der Waals surface area contributed by atoms with Crippen molar-refractivity contribution in [2.75, 3.05) is 0 Å². The zero-order valence-electron chi connectivity index (χ0n) is 6.99. The molecule has 1 atom stereocenters. The van der Waals surface area contributed by atoms with Gasteiger partial charge in [0.15, 0.2) is 5.60 Å². The van der Waals surface area contributed by atoms with Gasteiger partial charge < -0.3 is 10.2 Å². The molecule has 1 aromatic carbocycles. The Bertz CT molecular complexity index is 333. The number of halogens is 1. The Labute approximate surface area is 84.1 Å². The maximum atomic E-state index is 10.7. The van der Waals surface area contributed by atoms with Crippen molar-refractivity contribution in [2.45, 2.75) is 12.5 Å². The molecule has 3 nitrogen and oxygen atoms in total. The Morgan fingerprint density at radius 1 is 1.54 bits per heavy atom. The summed E-state index contributed by atoms with van der Waals surface area (Å²) < 4.78 is 0.742. The average Bonchev–Trinajstić information content (AvgIpc) is 2.04. The van der Waals surface area contributed by atoms with E-state index < -0.39 is 11.6 Å². The van der Waals surface area contributed by atoms with Crippen molar-refractivity contribution in [3.05, 3.63) is 34.3 Å². The van der Waals surface area contributed by atoms with Crippen molar-refractivity contribution < 1.29 is 15.0 Å². The molecule has 70 valence electrons. The molecule has 0 aliphatic rings. The van der Waals surface area contributed by atoms with Gasteiger partial charge in [0.1, 0.15) is 0 Å². The van der Waals surface area contributed by atoms with Gasteiger partial charge >= 0.3 is 5.97 Å². The number of aliphatic carboxylic acids is 1. The number of carboxylic acids is 1. The van der Waals surface area contributed by atoms with Gasteiger partial charge in [0.05, 0.1) is 0 Å². The average molecular weight is 245 g/mol. The van der Waals surface area contributed by atoms with Crippen LogP contribution < -0.4 is 0 Å². The van der Waals surface area contributed by atoms with Crippen LogP contribution in [0.5, 0.6) is 0 Å². The number of carbonyl (C=O) groups is 1. The van der Waals surface area contributed by atoms with E-state index in [1.165, 1.54) is 6.92 Å². The van der Waals surface area contributed by atoms with Crippen LogP contribution in [0, 0.1) is 0 Å². The zero-order valence-corrected chi connectivity index (χ0v) is 8.58. The summed E-state index contributed by atoms with van der Waals surface area (Å²) in [6.07, 6.45) is 0. The third-order valence-electron chi connectivity index (χ3n) is 1.80. The number of hydrogen-bond donors (Lipinski definition) is 2. The zero-order chi connectivity index (χ0) is 10.1. The van der Waals surface area contributed by atoms with Gasteiger partial charge in [-0.25, -0.2) is 4.79 Å². The molecule has 13 heavy (non-hydrogen) atoms. The molecule has 0 spiro atoms. The van der Waals surface area contributed by atoms with Crippen LogP contribution in [0.25, 0.3) is 0 Å². The molecule has 0 fully saturated rings. The van der Waals surface area contributed by atoms with Crippen molar-refractivity contribution in [1.29, 1.82) is 0 Å². The smallest absolute Gasteiger partial charge is 0.340 e. The van der Waals surface area contributed by atoms with Gasteiger partial charge in [0, 0.05) is 4.47 Å². The minimum Gasteiger partial charge on any atom is -0.479 e. The number of rotatable bonds is 2. The van der Waals surface area contributed by atoms with Crippen molar-refractivity contribution in [3.8, 4) is 0 Å². The summed E-state index contributed by atoms with van der Waals surface area (Å²) in [6, 6.07) is 6.59. The second kappa shape index (κ2) is 3.47. The molecule has 0 aliphatic carbocycles. The molecular formula is C9H9BrO3. The Balaban J connectivity index is 3.14. The molecule has 0 radical (unpaired) electrons. The lowest BCUT2D eigenvalue weighted by Gasteiger charge is -2.18. The molecule has 0 saturated carbocycles. The predicted molar refractivity (Wildman–Crippen MR) is 51.3 cm³/mol. The van der Waals surface area contributed by atoms with E-state index >= 15 is 0 Å². The number of benzene rings is 1. The number of aliphatic hydroxyl groups is 1. The van der Waals surface area contributed by atoms with E-state index in [-0.39, 0.29) is 0 Å². The molecule has 2 N–H and O–H groups in total. The van der Waals surface area contributed by atoms with Crippen LogP contribution in [0.15, 0.2) is 28.7 Å². The molecule has 0 amide bonds. The lowest BCUT2D eigenvalue weighted by atomic mass is 9.97. The Morgan fingerprint density at radius 2 is 2.15 bits per heavy atom. The summed E-state index contributed by atoms with van der Waals surface area (Å²) in [6.45, 7) is 1.25. The van der Waals surface area contributed by atoms with Crippen molar-refractivity contribution >= 4 is 21.9 Å². The predicted octanol–water partition coefficient (Wildman–Crippen LogP) is 1.74. The molecule has 1 rings (SSSR count). The number of hydrogen-bond acceptors (Lipinski definition) is 2. The maximum absolute atomic E-state index is 10.7. The van der Waals surface area contributed by atoms with E-state index in [4.69, 9.17) is 5.11 Å². The summed E-state index contributed by atoms with van der Waals surface area (Å²) in [7, 11) is 0. The van der Waals surface area contributed by atoms with Crippen LogP contribution in [0.3, 0.4) is 0 Å². The highest BCUT2D eigenvalue weighted by molar-refractivity contribution is 9.10. The fourth-order valence-electron chi connectivity index (χ4n) is 0.915. The van der Waals surface area contributed by atoms with Crippen molar-refractivity contribution in [1.82, 2.24) is 0 Å². The van der Waals surface area contributed by atoms with Crippen molar-refractivity contribution in [2.24, 2.45) is 0 Å². The van der Waals surface area contributed by atoms with Crippen LogP contribution in [0.2, 0.25) is 0 Å². The third-order valence-corrected chi connectivity index (χ3v) is 2.30. The normalized spacial score (nSPS) is 15.0. The number of carboxylic acid groups (broad SMARTS) is 1. The summed E-state index contributed by atoms with van der Waals surface area (Å²) in [5, 5.41) is 18.3. The van der Waals surface area contributed by atoms with Crippen LogP contribution >= 0.6 is 15.9 Å². The minimum atomic E-state index is -1.83. The molecule has 0 heterocycles. The van der Waals surface area contributed by atoms with Crippen LogP contribution in [0.4, 0.5) is 0 Å². The van der Waals surface area contributed by atoms with Gasteiger partial charge in [-0.1, -0.05) is 28.1 Å².